The first-order valence-corrected chi connectivity index (χ1v) is 9.06. The van der Waals surface area contributed by atoms with Gasteiger partial charge < -0.3 is 14.9 Å². The van der Waals surface area contributed by atoms with Crippen LogP contribution in [0.2, 0.25) is 0 Å². The summed E-state index contributed by atoms with van der Waals surface area (Å²) in [6, 6.07) is 18.7. The van der Waals surface area contributed by atoms with Crippen LogP contribution in [0.25, 0.3) is 0 Å². The molecule has 148 valence electrons. The third-order valence-corrected chi connectivity index (χ3v) is 4.04. The van der Waals surface area contributed by atoms with Crippen molar-refractivity contribution in [1.82, 2.24) is 4.73 Å². The summed E-state index contributed by atoms with van der Waals surface area (Å²) in [5, 5.41) is 2.60. The second-order valence-electron chi connectivity index (χ2n) is 6.03. The van der Waals surface area contributed by atoms with Gasteiger partial charge in [-0.15, -0.1) is 0 Å². The Morgan fingerprint density at radius 3 is 2.38 bits per heavy atom. The number of amides is 1. The fraction of sp³-hybridized carbons (Fsp3) is 0.136. The van der Waals surface area contributed by atoms with E-state index in [4.69, 9.17) is 9.57 Å². The number of carbonyl (C=O) groups is 2. The Labute approximate surface area is 167 Å². The maximum atomic E-state index is 12.7. The number of ether oxygens (including phenoxy) is 1. The minimum Gasteiger partial charge on any atom is -0.462 e. The van der Waals surface area contributed by atoms with Gasteiger partial charge in [0.1, 0.15) is 12.2 Å². The summed E-state index contributed by atoms with van der Waals surface area (Å²) in [5.74, 6) is -1.20. The monoisotopic (exact) mass is 392 g/mol. The van der Waals surface area contributed by atoms with Crippen LogP contribution in [0.5, 0.6) is 0 Å². The number of esters is 1. The molecule has 2 aromatic carbocycles. The second-order valence-corrected chi connectivity index (χ2v) is 6.03. The lowest BCUT2D eigenvalue weighted by Gasteiger charge is -2.12. The van der Waals surface area contributed by atoms with Crippen molar-refractivity contribution in [3.8, 4) is 0 Å². The lowest BCUT2D eigenvalue weighted by atomic mass is 10.1. The van der Waals surface area contributed by atoms with Crippen molar-refractivity contribution >= 4 is 17.6 Å². The molecule has 0 fully saturated rings. The van der Waals surface area contributed by atoms with Crippen molar-refractivity contribution in [3.05, 3.63) is 100.0 Å². The fourth-order valence-electron chi connectivity index (χ4n) is 2.64. The van der Waals surface area contributed by atoms with Gasteiger partial charge in [0.15, 0.2) is 0 Å². The molecule has 7 nitrogen and oxygen atoms in total. The zero-order valence-electron chi connectivity index (χ0n) is 15.8. The lowest BCUT2D eigenvalue weighted by molar-refractivity contribution is 0.0527. The molecule has 3 aromatic rings. The van der Waals surface area contributed by atoms with Crippen LogP contribution in [0.1, 0.15) is 33.2 Å². The number of anilines is 1. The molecule has 3 rings (SSSR count). The highest BCUT2D eigenvalue weighted by molar-refractivity contribution is 6.07. The van der Waals surface area contributed by atoms with Gasteiger partial charge in [-0.05, 0) is 36.8 Å². The summed E-state index contributed by atoms with van der Waals surface area (Å²) in [5.41, 5.74) is 0.640. The quantitative estimate of drug-likeness (QED) is 0.625. The first kappa shape index (κ1) is 19.9. The third kappa shape index (κ3) is 4.90. The number of hydrogen-bond acceptors (Lipinski definition) is 5. The van der Waals surface area contributed by atoms with E-state index in [2.05, 4.69) is 5.32 Å². The Bertz CT molecular complexity index is 1060. The standard InChI is InChI=1S/C22H20N2O5/c1-2-28-22(27)17-11-6-7-13-19(17)23-20(25)18-12-8-14-24(21(18)26)29-15-16-9-4-3-5-10-16/h3-14H,2,15H2,1H3,(H,23,25). The van der Waals surface area contributed by atoms with E-state index < -0.39 is 17.4 Å². The molecule has 7 heteroatoms. The molecular weight excluding hydrogens is 372 g/mol. The van der Waals surface area contributed by atoms with E-state index >= 15 is 0 Å². The van der Waals surface area contributed by atoms with Gasteiger partial charge in [-0.1, -0.05) is 42.5 Å². The van der Waals surface area contributed by atoms with Gasteiger partial charge in [-0.2, -0.15) is 4.73 Å². The molecule has 0 saturated heterocycles. The maximum Gasteiger partial charge on any atom is 0.340 e. The topological polar surface area (TPSA) is 86.6 Å². The smallest absolute Gasteiger partial charge is 0.340 e. The van der Waals surface area contributed by atoms with E-state index in [1.165, 1.54) is 12.3 Å². The van der Waals surface area contributed by atoms with Gasteiger partial charge >= 0.3 is 5.97 Å². The molecule has 0 saturated carbocycles. The summed E-state index contributed by atoms with van der Waals surface area (Å²) in [4.78, 5) is 42.9. The summed E-state index contributed by atoms with van der Waals surface area (Å²) < 4.78 is 6.01. The maximum absolute atomic E-state index is 12.7. The van der Waals surface area contributed by atoms with Crippen molar-refractivity contribution < 1.29 is 19.2 Å². The van der Waals surface area contributed by atoms with Gasteiger partial charge in [0.05, 0.1) is 17.9 Å². The predicted molar refractivity (Wildman–Crippen MR) is 108 cm³/mol. The molecule has 0 aliphatic rings. The van der Waals surface area contributed by atoms with Gasteiger partial charge in [-0.25, -0.2) is 4.79 Å². The number of pyridine rings is 1. The summed E-state index contributed by atoms with van der Waals surface area (Å²) in [6.07, 6.45) is 1.44. The van der Waals surface area contributed by atoms with Crippen LogP contribution in [0, 0.1) is 0 Å². The molecule has 1 amide bonds. The van der Waals surface area contributed by atoms with Crippen LogP contribution in [0.3, 0.4) is 0 Å². The molecule has 0 bridgehead atoms. The first-order valence-electron chi connectivity index (χ1n) is 9.06. The van der Waals surface area contributed by atoms with Gasteiger partial charge in [-0.3, -0.25) is 9.59 Å². The third-order valence-electron chi connectivity index (χ3n) is 4.04. The Morgan fingerprint density at radius 1 is 0.931 bits per heavy atom. The average molecular weight is 392 g/mol. The molecule has 0 atom stereocenters. The van der Waals surface area contributed by atoms with Crippen molar-refractivity contribution in [2.24, 2.45) is 0 Å². The van der Waals surface area contributed by atoms with Gasteiger partial charge in [0.25, 0.3) is 11.5 Å². The fourth-order valence-corrected chi connectivity index (χ4v) is 2.64. The first-order chi connectivity index (χ1) is 14.1. The second kappa shape index (κ2) is 9.36. The zero-order valence-corrected chi connectivity index (χ0v) is 15.8. The zero-order chi connectivity index (χ0) is 20.6. The highest BCUT2D eigenvalue weighted by Crippen LogP contribution is 2.17. The Morgan fingerprint density at radius 2 is 1.62 bits per heavy atom. The van der Waals surface area contributed by atoms with Crippen LogP contribution in [-0.2, 0) is 11.3 Å². The molecule has 0 unspecified atom stereocenters. The minimum absolute atomic E-state index is 0.112. The van der Waals surface area contributed by atoms with Crippen LogP contribution in [0.4, 0.5) is 5.69 Å². The number of nitrogens with zero attached hydrogens (tertiary/aromatic N) is 1. The van der Waals surface area contributed by atoms with E-state index in [0.29, 0.717) is 0 Å². The number of para-hydroxylation sites is 1. The predicted octanol–water partition coefficient (Wildman–Crippen LogP) is 2.91. The molecule has 29 heavy (non-hydrogen) atoms. The van der Waals surface area contributed by atoms with Crippen LogP contribution < -0.4 is 15.7 Å². The number of hydrogen-bond donors (Lipinski definition) is 1. The van der Waals surface area contributed by atoms with Crippen LogP contribution in [-0.4, -0.2) is 23.2 Å². The Kier molecular flexibility index (Phi) is 6.42. The number of rotatable bonds is 7. The van der Waals surface area contributed by atoms with E-state index in [0.717, 1.165) is 10.3 Å². The summed E-state index contributed by atoms with van der Waals surface area (Å²) >= 11 is 0. The lowest BCUT2D eigenvalue weighted by Crippen LogP contribution is -2.32. The molecule has 1 N–H and O–H groups in total. The summed E-state index contributed by atoms with van der Waals surface area (Å²) in [7, 11) is 0. The van der Waals surface area contributed by atoms with Crippen LogP contribution >= 0.6 is 0 Å². The molecule has 0 aliphatic carbocycles. The number of aromatic nitrogens is 1. The number of nitrogens with one attached hydrogen (secondary N) is 1. The largest absolute Gasteiger partial charge is 0.462 e. The van der Waals surface area contributed by atoms with E-state index in [1.54, 1.807) is 37.3 Å². The molecular formula is C22H20N2O5. The molecule has 0 radical (unpaired) electrons. The number of carbonyl (C=O) groups excluding carboxylic acids is 2. The van der Waals surface area contributed by atoms with Crippen molar-refractivity contribution in [2.75, 3.05) is 11.9 Å². The van der Waals surface area contributed by atoms with E-state index in [-0.39, 0.29) is 30.0 Å². The van der Waals surface area contributed by atoms with E-state index in [9.17, 15) is 14.4 Å². The Hall–Kier alpha value is -3.87. The van der Waals surface area contributed by atoms with Gasteiger partial charge in [0.2, 0.25) is 0 Å². The SMILES string of the molecule is CCOC(=O)c1ccccc1NC(=O)c1cccn(OCc2ccccc2)c1=O. The van der Waals surface area contributed by atoms with Crippen molar-refractivity contribution in [2.45, 2.75) is 13.5 Å². The number of benzene rings is 2. The average Bonchev–Trinajstić information content (AvgIpc) is 2.74. The summed E-state index contributed by atoms with van der Waals surface area (Å²) in [6.45, 7) is 2.09. The van der Waals surface area contributed by atoms with Crippen molar-refractivity contribution in [1.29, 1.82) is 0 Å². The normalized spacial score (nSPS) is 10.2. The molecule has 0 spiro atoms. The van der Waals surface area contributed by atoms with E-state index in [1.807, 2.05) is 30.3 Å². The van der Waals surface area contributed by atoms with Gasteiger partial charge in [0, 0.05) is 6.20 Å². The highest BCUT2D eigenvalue weighted by Gasteiger charge is 2.17. The minimum atomic E-state index is -0.649. The van der Waals surface area contributed by atoms with Crippen LogP contribution in [0.15, 0.2) is 77.7 Å². The molecule has 0 aliphatic heterocycles. The molecule has 1 heterocycles. The van der Waals surface area contributed by atoms with Crippen molar-refractivity contribution in [3.63, 3.8) is 0 Å². The molecule has 1 aromatic heterocycles. The Balaban J connectivity index is 1.79. The highest BCUT2D eigenvalue weighted by atomic mass is 16.7.